The second-order valence-electron chi connectivity index (χ2n) is 7.79. The molecule has 1 atom stereocenters. The zero-order chi connectivity index (χ0) is 19.1. The minimum absolute atomic E-state index is 0.113. The summed E-state index contributed by atoms with van der Waals surface area (Å²) >= 11 is 0. The molecule has 0 aliphatic carbocycles. The lowest BCUT2D eigenvalue weighted by Gasteiger charge is -2.35. The number of carbonyl (C=O) groups excluding carboxylic acids is 1. The zero-order valence-electron chi connectivity index (χ0n) is 16.4. The number of hydrogen-bond donors (Lipinski definition) is 0. The Morgan fingerprint density at radius 3 is 2.89 bits per heavy atom. The van der Waals surface area contributed by atoms with Crippen molar-refractivity contribution in [3.8, 4) is 0 Å². The SMILES string of the molecule is CN(CC1CCCN(CCc2ccccc2F)C1)C(=O)CCN1CCCO1. The summed E-state index contributed by atoms with van der Waals surface area (Å²) in [4.78, 5) is 22.1. The second kappa shape index (κ2) is 10.2. The lowest BCUT2D eigenvalue weighted by atomic mass is 9.97. The molecular formula is C21H32FN3O2. The van der Waals surface area contributed by atoms with Crippen molar-refractivity contribution >= 4 is 5.91 Å². The first-order valence-corrected chi connectivity index (χ1v) is 10.2. The van der Waals surface area contributed by atoms with Crippen LogP contribution in [0.4, 0.5) is 4.39 Å². The van der Waals surface area contributed by atoms with E-state index < -0.39 is 0 Å². The van der Waals surface area contributed by atoms with Gasteiger partial charge in [-0.2, -0.15) is 5.06 Å². The third kappa shape index (κ3) is 6.26. The fourth-order valence-corrected chi connectivity index (χ4v) is 4.06. The van der Waals surface area contributed by atoms with Crippen LogP contribution in [0.25, 0.3) is 0 Å². The second-order valence-corrected chi connectivity index (χ2v) is 7.79. The van der Waals surface area contributed by atoms with Crippen molar-refractivity contribution in [2.45, 2.75) is 32.1 Å². The van der Waals surface area contributed by atoms with Crippen LogP contribution in [0.5, 0.6) is 0 Å². The van der Waals surface area contributed by atoms with Crippen molar-refractivity contribution in [2.75, 3.05) is 52.9 Å². The van der Waals surface area contributed by atoms with Crippen LogP contribution in [-0.2, 0) is 16.1 Å². The molecule has 150 valence electrons. The van der Waals surface area contributed by atoms with E-state index in [0.717, 1.165) is 70.6 Å². The van der Waals surface area contributed by atoms with Crippen LogP contribution in [0.2, 0.25) is 0 Å². The van der Waals surface area contributed by atoms with Crippen LogP contribution in [0, 0.1) is 11.7 Å². The van der Waals surface area contributed by atoms with Crippen LogP contribution < -0.4 is 0 Å². The highest BCUT2D eigenvalue weighted by Gasteiger charge is 2.23. The number of amides is 1. The summed E-state index contributed by atoms with van der Waals surface area (Å²) in [6, 6.07) is 7.03. The van der Waals surface area contributed by atoms with E-state index in [-0.39, 0.29) is 11.7 Å². The number of hydroxylamine groups is 2. The summed E-state index contributed by atoms with van der Waals surface area (Å²) in [5.74, 6) is 0.573. The fourth-order valence-electron chi connectivity index (χ4n) is 4.06. The Hall–Kier alpha value is -1.50. The van der Waals surface area contributed by atoms with E-state index in [1.54, 1.807) is 6.07 Å². The first-order chi connectivity index (χ1) is 13.1. The van der Waals surface area contributed by atoms with E-state index in [2.05, 4.69) is 4.90 Å². The molecule has 0 spiro atoms. The maximum atomic E-state index is 13.8. The first kappa shape index (κ1) is 20.2. The van der Waals surface area contributed by atoms with Crippen LogP contribution in [0.1, 0.15) is 31.2 Å². The van der Waals surface area contributed by atoms with Gasteiger partial charge in [-0.1, -0.05) is 18.2 Å². The molecule has 0 aromatic heterocycles. The summed E-state index contributed by atoms with van der Waals surface area (Å²) in [5.41, 5.74) is 0.788. The van der Waals surface area contributed by atoms with Gasteiger partial charge >= 0.3 is 0 Å². The smallest absolute Gasteiger partial charge is 0.223 e. The molecule has 2 saturated heterocycles. The summed E-state index contributed by atoms with van der Waals surface area (Å²) < 4.78 is 13.8. The summed E-state index contributed by atoms with van der Waals surface area (Å²) in [6.45, 7) is 6.11. The fraction of sp³-hybridized carbons (Fsp3) is 0.667. The molecule has 2 aliphatic rings. The van der Waals surface area contributed by atoms with Gasteiger partial charge in [0.05, 0.1) is 6.61 Å². The van der Waals surface area contributed by atoms with E-state index in [4.69, 9.17) is 4.84 Å². The van der Waals surface area contributed by atoms with Gasteiger partial charge in [0.1, 0.15) is 5.82 Å². The van der Waals surface area contributed by atoms with Crippen LogP contribution in [0.15, 0.2) is 24.3 Å². The Morgan fingerprint density at radius 1 is 1.26 bits per heavy atom. The van der Waals surface area contributed by atoms with Crippen LogP contribution >= 0.6 is 0 Å². The molecule has 0 saturated carbocycles. The number of likely N-dealkylation sites (tertiary alicyclic amines) is 1. The lowest BCUT2D eigenvalue weighted by molar-refractivity contribution is -0.138. The van der Waals surface area contributed by atoms with Gasteiger partial charge in [0, 0.05) is 46.2 Å². The van der Waals surface area contributed by atoms with E-state index in [1.165, 1.54) is 6.07 Å². The molecule has 0 radical (unpaired) electrons. The highest BCUT2D eigenvalue weighted by atomic mass is 19.1. The van der Waals surface area contributed by atoms with E-state index in [0.29, 0.717) is 18.9 Å². The minimum Gasteiger partial charge on any atom is -0.345 e. The monoisotopic (exact) mass is 377 g/mol. The van der Waals surface area contributed by atoms with Gasteiger partial charge in [-0.25, -0.2) is 4.39 Å². The molecule has 1 aromatic rings. The third-order valence-electron chi connectivity index (χ3n) is 5.62. The normalized spacial score (nSPS) is 21.5. The molecule has 2 fully saturated rings. The Balaban J connectivity index is 1.39. The maximum Gasteiger partial charge on any atom is 0.223 e. The molecule has 27 heavy (non-hydrogen) atoms. The Labute approximate surface area is 162 Å². The zero-order valence-corrected chi connectivity index (χ0v) is 16.4. The predicted octanol–water partition coefficient (Wildman–Crippen LogP) is 2.57. The Bertz CT molecular complexity index is 607. The van der Waals surface area contributed by atoms with E-state index in [9.17, 15) is 9.18 Å². The van der Waals surface area contributed by atoms with Gasteiger partial charge in [0.25, 0.3) is 0 Å². The van der Waals surface area contributed by atoms with E-state index >= 15 is 0 Å². The van der Waals surface area contributed by atoms with Crippen molar-refractivity contribution in [2.24, 2.45) is 5.92 Å². The van der Waals surface area contributed by atoms with Crippen molar-refractivity contribution < 1.29 is 14.0 Å². The minimum atomic E-state index is -0.113. The van der Waals surface area contributed by atoms with Gasteiger partial charge < -0.3 is 9.80 Å². The average molecular weight is 378 g/mol. The van der Waals surface area contributed by atoms with Crippen LogP contribution in [-0.4, -0.2) is 73.7 Å². The predicted molar refractivity (Wildman–Crippen MR) is 104 cm³/mol. The number of rotatable bonds is 8. The molecule has 1 unspecified atom stereocenters. The van der Waals surface area contributed by atoms with Gasteiger partial charge in [-0.15, -0.1) is 0 Å². The maximum absolute atomic E-state index is 13.8. The average Bonchev–Trinajstić information content (AvgIpc) is 3.19. The van der Waals surface area contributed by atoms with E-state index in [1.807, 2.05) is 29.1 Å². The Morgan fingerprint density at radius 2 is 2.11 bits per heavy atom. The van der Waals surface area contributed by atoms with Crippen molar-refractivity contribution in [1.29, 1.82) is 0 Å². The molecule has 2 aliphatic heterocycles. The molecular weight excluding hydrogens is 345 g/mol. The molecule has 1 aromatic carbocycles. The lowest BCUT2D eigenvalue weighted by Crippen LogP contribution is -2.42. The van der Waals surface area contributed by atoms with Gasteiger partial charge in [0.2, 0.25) is 5.91 Å². The molecule has 6 heteroatoms. The van der Waals surface area contributed by atoms with Gasteiger partial charge in [0.15, 0.2) is 0 Å². The number of hydrogen-bond acceptors (Lipinski definition) is 4. The summed E-state index contributed by atoms with van der Waals surface area (Å²) in [7, 11) is 1.91. The van der Waals surface area contributed by atoms with Gasteiger partial charge in [-0.3, -0.25) is 9.63 Å². The summed E-state index contributed by atoms with van der Waals surface area (Å²) in [6.07, 6.45) is 4.60. The number of benzene rings is 1. The summed E-state index contributed by atoms with van der Waals surface area (Å²) in [5, 5.41) is 1.90. The number of piperidine rings is 1. The number of nitrogens with zero attached hydrogens (tertiary/aromatic N) is 3. The quantitative estimate of drug-likeness (QED) is 0.698. The molecule has 2 heterocycles. The first-order valence-electron chi connectivity index (χ1n) is 10.2. The molecule has 0 bridgehead atoms. The van der Waals surface area contributed by atoms with Crippen molar-refractivity contribution in [3.05, 3.63) is 35.6 Å². The van der Waals surface area contributed by atoms with Gasteiger partial charge in [-0.05, 0) is 49.8 Å². The number of carbonyl (C=O) groups is 1. The number of halogens is 1. The standard InChI is InChI=1S/C21H32FN3O2/c1-23(21(26)10-14-25-12-5-15-27-25)16-18-6-4-11-24(17-18)13-9-19-7-2-3-8-20(19)22/h2-3,7-8,18H,4-6,9-17H2,1H3. The molecule has 5 nitrogen and oxygen atoms in total. The topological polar surface area (TPSA) is 36.0 Å². The molecule has 3 rings (SSSR count). The molecule has 0 N–H and O–H groups in total. The van der Waals surface area contributed by atoms with Crippen molar-refractivity contribution in [1.82, 2.24) is 14.9 Å². The van der Waals surface area contributed by atoms with Crippen LogP contribution in [0.3, 0.4) is 0 Å². The van der Waals surface area contributed by atoms with Crippen molar-refractivity contribution in [3.63, 3.8) is 0 Å². The molecule has 1 amide bonds. The third-order valence-corrected chi connectivity index (χ3v) is 5.62. The highest BCUT2D eigenvalue weighted by molar-refractivity contribution is 5.76. The largest absolute Gasteiger partial charge is 0.345 e. The highest BCUT2D eigenvalue weighted by Crippen LogP contribution is 2.19. The Kier molecular flexibility index (Phi) is 7.61.